The lowest BCUT2D eigenvalue weighted by molar-refractivity contribution is -0.121. The number of nitrogens with one attached hydrogen (secondary N) is 1. The number of hydrogen-bond acceptors (Lipinski definition) is 3. The molecule has 0 aliphatic carbocycles. The second-order valence-electron chi connectivity index (χ2n) is 5.55. The summed E-state index contributed by atoms with van der Waals surface area (Å²) in [6, 6.07) is 14.3. The van der Waals surface area contributed by atoms with Crippen LogP contribution in [0, 0.1) is 0 Å². The fourth-order valence-electron chi connectivity index (χ4n) is 2.26. The molecular weight excluding hydrogens is 312 g/mol. The van der Waals surface area contributed by atoms with E-state index in [2.05, 4.69) is 17.4 Å². The second-order valence-corrected chi connectivity index (χ2v) is 5.55. The SMILES string of the molecule is CC(N)CCNC(=O)CCCOc1cccc2ccccc12.Cl. The maximum absolute atomic E-state index is 11.6. The number of halogens is 1. The van der Waals surface area contributed by atoms with Gasteiger partial charge in [0, 0.05) is 24.4 Å². The van der Waals surface area contributed by atoms with E-state index in [1.54, 1.807) is 0 Å². The van der Waals surface area contributed by atoms with E-state index in [0.29, 0.717) is 26.0 Å². The van der Waals surface area contributed by atoms with Gasteiger partial charge in [-0.05, 0) is 31.2 Å². The number of rotatable bonds is 8. The van der Waals surface area contributed by atoms with Gasteiger partial charge in [0.1, 0.15) is 5.75 Å². The van der Waals surface area contributed by atoms with Crippen LogP contribution in [0.25, 0.3) is 10.8 Å². The van der Waals surface area contributed by atoms with Gasteiger partial charge in [-0.25, -0.2) is 0 Å². The fourth-order valence-corrected chi connectivity index (χ4v) is 2.26. The minimum Gasteiger partial charge on any atom is -0.493 e. The van der Waals surface area contributed by atoms with Crippen molar-refractivity contribution in [2.45, 2.75) is 32.2 Å². The van der Waals surface area contributed by atoms with Gasteiger partial charge in [-0.2, -0.15) is 0 Å². The summed E-state index contributed by atoms with van der Waals surface area (Å²) < 4.78 is 5.81. The molecule has 0 spiro atoms. The Balaban J connectivity index is 0.00000264. The van der Waals surface area contributed by atoms with E-state index in [1.807, 2.05) is 37.3 Å². The zero-order valence-corrected chi connectivity index (χ0v) is 14.3. The van der Waals surface area contributed by atoms with Gasteiger partial charge < -0.3 is 15.8 Å². The Morgan fingerprint density at radius 3 is 2.74 bits per heavy atom. The van der Waals surface area contributed by atoms with E-state index in [9.17, 15) is 4.79 Å². The Bertz CT molecular complexity index is 611. The Morgan fingerprint density at radius 2 is 1.96 bits per heavy atom. The Labute approximate surface area is 143 Å². The van der Waals surface area contributed by atoms with Crippen LogP contribution in [-0.4, -0.2) is 25.1 Å². The number of carbonyl (C=O) groups excluding carboxylic acids is 1. The van der Waals surface area contributed by atoms with Crippen molar-refractivity contribution in [3.8, 4) is 5.75 Å². The number of ether oxygens (including phenoxy) is 1. The van der Waals surface area contributed by atoms with Crippen LogP contribution in [0.2, 0.25) is 0 Å². The van der Waals surface area contributed by atoms with Gasteiger partial charge in [-0.15, -0.1) is 12.4 Å². The van der Waals surface area contributed by atoms with E-state index in [0.717, 1.165) is 22.9 Å². The first-order chi connectivity index (χ1) is 10.7. The molecule has 0 saturated carbocycles. The fraction of sp³-hybridized carbons (Fsp3) is 0.389. The van der Waals surface area contributed by atoms with Crippen molar-refractivity contribution < 1.29 is 9.53 Å². The summed E-state index contributed by atoms with van der Waals surface area (Å²) in [5.41, 5.74) is 5.64. The molecule has 1 unspecified atom stereocenters. The monoisotopic (exact) mass is 336 g/mol. The first kappa shape index (κ1) is 19.3. The first-order valence-corrected chi connectivity index (χ1v) is 7.79. The minimum atomic E-state index is 0. The number of fused-ring (bicyclic) bond motifs is 1. The molecule has 1 atom stereocenters. The Hall–Kier alpha value is -1.78. The number of carbonyl (C=O) groups is 1. The maximum atomic E-state index is 11.6. The summed E-state index contributed by atoms with van der Waals surface area (Å²) in [4.78, 5) is 11.6. The molecule has 0 bridgehead atoms. The normalized spacial score (nSPS) is 11.6. The smallest absolute Gasteiger partial charge is 0.220 e. The van der Waals surface area contributed by atoms with Gasteiger partial charge in [-0.1, -0.05) is 36.4 Å². The number of hydrogen-bond donors (Lipinski definition) is 2. The predicted octanol–water partition coefficient (Wildman–Crippen LogP) is 3.27. The van der Waals surface area contributed by atoms with Crippen LogP contribution in [-0.2, 0) is 4.79 Å². The zero-order chi connectivity index (χ0) is 15.8. The summed E-state index contributed by atoms with van der Waals surface area (Å²) in [7, 11) is 0. The van der Waals surface area contributed by atoms with Crippen LogP contribution in [0.4, 0.5) is 0 Å². The van der Waals surface area contributed by atoms with Crippen LogP contribution >= 0.6 is 12.4 Å². The summed E-state index contributed by atoms with van der Waals surface area (Å²) >= 11 is 0. The van der Waals surface area contributed by atoms with Crippen molar-refractivity contribution >= 4 is 29.1 Å². The third-order valence-electron chi connectivity index (χ3n) is 3.48. The molecule has 2 rings (SSSR count). The quantitative estimate of drug-likeness (QED) is 0.727. The van der Waals surface area contributed by atoms with Gasteiger partial charge in [0.05, 0.1) is 6.61 Å². The molecule has 23 heavy (non-hydrogen) atoms. The van der Waals surface area contributed by atoms with E-state index in [4.69, 9.17) is 10.5 Å². The number of benzene rings is 2. The lowest BCUT2D eigenvalue weighted by atomic mass is 10.1. The van der Waals surface area contributed by atoms with Crippen LogP contribution in [0.3, 0.4) is 0 Å². The molecule has 0 heterocycles. The molecule has 4 nitrogen and oxygen atoms in total. The summed E-state index contributed by atoms with van der Waals surface area (Å²) in [5.74, 6) is 0.928. The molecule has 3 N–H and O–H groups in total. The van der Waals surface area contributed by atoms with Crippen molar-refractivity contribution in [2.24, 2.45) is 5.73 Å². The van der Waals surface area contributed by atoms with Crippen LogP contribution in [0.15, 0.2) is 42.5 Å². The summed E-state index contributed by atoms with van der Waals surface area (Å²) in [5, 5.41) is 5.13. The molecule has 5 heteroatoms. The average molecular weight is 337 g/mol. The van der Waals surface area contributed by atoms with Crippen molar-refractivity contribution in [1.82, 2.24) is 5.32 Å². The lowest BCUT2D eigenvalue weighted by Crippen LogP contribution is -2.28. The highest BCUT2D eigenvalue weighted by molar-refractivity contribution is 5.88. The van der Waals surface area contributed by atoms with Crippen LogP contribution in [0.5, 0.6) is 5.75 Å². The molecule has 0 radical (unpaired) electrons. The highest BCUT2D eigenvalue weighted by Crippen LogP contribution is 2.25. The van der Waals surface area contributed by atoms with Crippen LogP contribution in [0.1, 0.15) is 26.2 Å². The van der Waals surface area contributed by atoms with Gasteiger partial charge in [0.2, 0.25) is 5.91 Å². The largest absolute Gasteiger partial charge is 0.493 e. The molecule has 126 valence electrons. The van der Waals surface area contributed by atoms with Crippen molar-refractivity contribution in [3.63, 3.8) is 0 Å². The zero-order valence-electron chi connectivity index (χ0n) is 13.5. The molecule has 0 aliphatic heterocycles. The van der Waals surface area contributed by atoms with E-state index in [1.165, 1.54) is 0 Å². The first-order valence-electron chi connectivity index (χ1n) is 7.79. The molecule has 1 amide bonds. The van der Waals surface area contributed by atoms with Crippen molar-refractivity contribution in [1.29, 1.82) is 0 Å². The average Bonchev–Trinajstić information content (AvgIpc) is 2.51. The minimum absolute atomic E-state index is 0. The van der Waals surface area contributed by atoms with Crippen molar-refractivity contribution in [2.75, 3.05) is 13.2 Å². The topological polar surface area (TPSA) is 64.3 Å². The third-order valence-corrected chi connectivity index (χ3v) is 3.48. The van der Waals surface area contributed by atoms with Crippen LogP contribution < -0.4 is 15.8 Å². The Morgan fingerprint density at radius 1 is 1.22 bits per heavy atom. The van der Waals surface area contributed by atoms with Gasteiger partial charge >= 0.3 is 0 Å². The standard InChI is InChI=1S/C18H24N2O2.ClH/c1-14(19)11-12-20-18(21)10-5-13-22-17-9-4-7-15-6-2-3-8-16(15)17;/h2-4,6-9,14H,5,10-13,19H2,1H3,(H,20,21);1H. The molecule has 2 aromatic carbocycles. The summed E-state index contributed by atoms with van der Waals surface area (Å²) in [6.07, 6.45) is 1.98. The molecule has 0 fully saturated rings. The predicted molar refractivity (Wildman–Crippen MR) is 97.2 cm³/mol. The van der Waals surface area contributed by atoms with E-state index < -0.39 is 0 Å². The summed E-state index contributed by atoms with van der Waals surface area (Å²) in [6.45, 7) is 3.11. The van der Waals surface area contributed by atoms with E-state index >= 15 is 0 Å². The lowest BCUT2D eigenvalue weighted by Gasteiger charge is -2.10. The molecule has 0 aromatic heterocycles. The highest BCUT2D eigenvalue weighted by Gasteiger charge is 2.04. The maximum Gasteiger partial charge on any atom is 0.220 e. The van der Waals surface area contributed by atoms with E-state index in [-0.39, 0.29) is 24.4 Å². The molecule has 0 saturated heterocycles. The number of nitrogens with two attached hydrogens (primary N) is 1. The highest BCUT2D eigenvalue weighted by atomic mass is 35.5. The Kier molecular flexibility index (Phi) is 8.45. The molecule has 2 aromatic rings. The second kappa shape index (κ2) is 10.1. The van der Waals surface area contributed by atoms with Gasteiger partial charge in [0.25, 0.3) is 0 Å². The third kappa shape index (κ3) is 6.47. The van der Waals surface area contributed by atoms with Crippen molar-refractivity contribution in [3.05, 3.63) is 42.5 Å². The number of amides is 1. The molecule has 0 aliphatic rings. The molecular formula is C18H25ClN2O2. The van der Waals surface area contributed by atoms with Gasteiger partial charge in [0.15, 0.2) is 0 Å². The van der Waals surface area contributed by atoms with Gasteiger partial charge in [-0.3, -0.25) is 4.79 Å².